The smallest absolute Gasteiger partial charge is 0.0733 e. The van der Waals surface area contributed by atoms with Crippen molar-refractivity contribution >= 4 is 11.4 Å². The molecule has 1 aliphatic carbocycles. The number of anilines is 2. The molecule has 0 aliphatic heterocycles. The van der Waals surface area contributed by atoms with E-state index in [1.807, 2.05) is 60.7 Å². The van der Waals surface area contributed by atoms with Crippen molar-refractivity contribution in [1.29, 1.82) is 0 Å². The van der Waals surface area contributed by atoms with E-state index < -0.39 is 11.5 Å². The highest BCUT2D eigenvalue weighted by Gasteiger charge is 2.46. The summed E-state index contributed by atoms with van der Waals surface area (Å²) >= 11 is 0. The summed E-state index contributed by atoms with van der Waals surface area (Å²) < 4.78 is 41.2. The molecule has 1 N–H and O–H groups in total. The van der Waals surface area contributed by atoms with E-state index in [4.69, 9.17) is 6.85 Å². The maximum absolute atomic E-state index is 8.48. The lowest BCUT2D eigenvalue weighted by atomic mass is 9.67. The summed E-state index contributed by atoms with van der Waals surface area (Å²) in [5, 5.41) is 3.25. The second-order valence-corrected chi connectivity index (χ2v) is 7.88. The van der Waals surface area contributed by atoms with Gasteiger partial charge in [-0.15, -0.1) is 0 Å². The van der Waals surface area contributed by atoms with E-state index in [1.165, 1.54) is 0 Å². The highest BCUT2D eigenvalue weighted by molar-refractivity contribution is 5.88. The van der Waals surface area contributed by atoms with E-state index in [2.05, 4.69) is 47.8 Å². The monoisotopic (exact) mass is 414 g/mol. The third-order valence-electron chi connectivity index (χ3n) is 6.25. The van der Waals surface area contributed by atoms with Crippen LogP contribution in [0.2, 0.25) is 0 Å². The number of hydrogen-bond acceptors (Lipinski definition) is 1. The molecule has 0 atom stereocenters. The topological polar surface area (TPSA) is 12.0 Å². The number of rotatable bonds is 4. The van der Waals surface area contributed by atoms with Crippen LogP contribution in [0.15, 0.2) is 133 Å². The Hall–Kier alpha value is -4.10. The van der Waals surface area contributed by atoms with Gasteiger partial charge in [0.1, 0.15) is 0 Å². The fraction of sp³-hybridized carbons (Fsp3) is 0.0323. The van der Waals surface area contributed by atoms with E-state index in [9.17, 15) is 0 Å². The minimum Gasteiger partial charge on any atom is -0.355 e. The number of hydrogen-bond donors (Lipinski definition) is 1. The molecule has 0 amide bonds. The second-order valence-electron chi connectivity index (χ2n) is 7.88. The largest absolute Gasteiger partial charge is 0.355 e. The Morgan fingerprint density at radius 2 is 1.06 bits per heavy atom. The number of nitrogens with one attached hydrogen (secondary N) is 1. The molecule has 0 unspecified atom stereocenters. The van der Waals surface area contributed by atoms with Crippen molar-refractivity contribution in [1.82, 2.24) is 0 Å². The Morgan fingerprint density at radius 3 is 1.72 bits per heavy atom. The maximum atomic E-state index is 8.48. The van der Waals surface area contributed by atoms with Gasteiger partial charge in [-0.25, -0.2) is 0 Å². The molecule has 1 nitrogen and oxygen atoms in total. The van der Waals surface area contributed by atoms with Gasteiger partial charge in [-0.1, -0.05) is 115 Å². The summed E-state index contributed by atoms with van der Waals surface area (Å²) in [5.41, 5.74) is 6.66. The number of para-hydroxylation sites is 2. The summed E-state index contributed by atoms with van der Waals surface area (Å²) in [5.74, 6) is 0. The van der Waals surface area contributed by atoms with Gasteiger partial charge in [0.05, 0.1) is 12.3 Å². The quantitative estimate of drug-likeness (QED) is 0.310. The van der Waals surface area contributed by atoms with E-state index >= 15 is 0 Å². The van der Waals surface area contributed by atoms with Gasteiger partial charge in [0, 0.05) is 11.4 Å². The summed E-state index contributed by atoms with van der Waals surface area (Å²) in [6.45, 7) is 0. The molecule has 32 heavy (non-hydrogen) atoms. The van der Waals surface area contributed by atoms with Crippen LogP contribution >= 0.6 is 0 Å². The zero-order valence-corrected chi connectivity index (χ0v) is 17.3. The molecule has 5 aromatic carbocycles. The van der Waals surface area contributed by atoms with Crippen LogP contribution in [0.25, 0.3) is 11.1 Å². The first-order valence-corrected chi connectivity index (χ1v) is 10.6. The van der Waals surface area contributed by atoms with Gasteiger partial charge in [0.15, 0.2) is 0 Å². The summed E-state index contributed by atoms with van der Waals surface area (Å²) in [6.07, 6.45) is 0. The average Bonchev–Trinajstić information content (AvgIpc) is 3.25. The summed E-state index contributed by atoms with van der Waals surface area (Å²) in [4.78, 5) is 0. The molecule has 0 aromatic heterocycles. The average molecular weight is 415 g/mol. The van der Waals surface area contributed by atoms with Crippen molar-refractivity contribution in [2.24, 2.45) is 0 Å². The van der Waals surface area contributed by atoms with E-state index in [-0.39, 0.29) is 29.9 Å². The molecular weight excluding hydrogens is 386 g/mol. The van der Waals surface area contributed by atoms with Crippen molar-refractivity contribution < 1.29 is 6.85 Å². The highest BCUT2D eigenvalue weighted by Crippen LogP contribution is 2.57. The predicted molar refractivity (Wildman–Crippen MR) is 133 cm³/mol. The van der Waals surface area contributed by atoms with Crippen LogP contribution in [0.5, 0.6) is 0 Å². The van der Waals surface area contributed by atoms with Crippen LogP contribution in [0.4, 0.5) is 11.4 Å². The zero-order valence-electron chi connectivity index (χ0n) is 22.3. The third-order valence-corrected chi connectivity index (χ3v) is 6.25. The lowest BCUT2D eigenvalue weighted by Crippen LogP contribution is -2.29. The van der Waals surface area contributed by atoms with Crippen molar-refractivity contribution in [3.63, 3.8) is 0 Å². The predicted octanol–water partition coefficient (Wildman–Crippen LogP) is 7.79. The molecule has 0 saturated heterocycles. The maximum Gasteiger partial charge on any atom is 0.0733 e. The number of fused-ring (bicyclic) bond motifs is 3. The minimum absolute atomic E-state index is 0.0567. The van der Waals surface area contributed by atoms with Crippen molar-refractivity contribution in [2.45, 2.75) is 5.41 Å². The molecule has 0 spiro atoms. The molecule has 0 radical (unpaired) electrons. The van der Waals surface area contributed by atoms with E-state index in [1.54, 1.807) is 0 Å². The molecule has 0 fully saturated rings. The molecule has 5 aromatic rings. The van der Waals surface area contributed by atoms with Crippen LogP contribution in [-0.4, -0.2) is 0 Å². The van der Waals surface area contributed by atoms with Gasteiger partial charge in [-0.2, -0.15) is 0 Å². The van der Waals surface area contributed by atoms with E-state index in [0.29, 0.717) is 5.69 Å². The van der Waals surface area contributed by atoms with Crippen LogP contribution < -0.4 is 5.32 Å². The lowest BCUT2D eigenvalue weighted by Gasteiger charge is -2.35. The highest BCUT2D eigenvalue weighted by atomic mass is 14.9. The molecule has 0 bridgehead atoms. The summed E-state index contributed by atoms with van der Waals surface area (Å²) in [7, 11) is 0. The fourth-order valence-corrected chi connectivity index (χ4v) is 5.05. The zero-order chi connectivity index (χ0) is 25.7. The molecule has 0 heterocycles. The normalized spacial score (nSPS) is 15.4. The van der Waals surface area contributed by atoms with Crippen molar-refractivity contribution in [2.75, 3.05) is 5.32 Å². The van der Waals surface area contributed by atoms with Crippen molar-refractivity contribution in [3.8, 4) is 11.1 Å². The Kier molecular flexibility index (Phi) is 3.31. The van der Waals surface area contributed by atoms with E-state index in [0.717, 1.165) is 33.4 Å². The fourth-order valence-electron chi connectivity index (χ4n) is 5.05. The Labute approximate surface area is 196 Å². The van der Waals surface area contributed by atoms with Crippen LogP contribution in [0.3, 0.4) is 0 Å². The van der Waals surface area contributed by atoms with Gasteiger partial charge in [-0.05, 0) is 51.5 Å². The molecule has 152 valence electrons. The first-order chi connectivity index (χ1) is 18.0. The van der Waals surface area contributed by atoms with Gasteiger partial charge in [0.25, 0.3) is 0 Å². The first-order valence-electron chi connectivity index (χ1n) is 13.1. The summed E-state index contributed by atoms with van der Waals surface area (Å²) in [6, 6.07) is 33.3. The number of benzene rings is 5. The van der Waals surface area contributed by atoms with Crippen LogP contribution in [-0.2, 0) is 5.41 Å². The Bertz CT molecular complexity index is 1590. The van der Waals surface area contributed by atoms with Gasteiger partial charge >= 0.3 is 0 Å². The second kappa shape index (κ2) is 7.55. The molecule has 6 rings (SSSR count). The minimum atomic E-state index is -0.675. The third kappa shape index (κ3) is 2.72. The van der Waals surface area contributed by atoms with Crippen molar-refractivity contribution in [3.05, 3.63) is 156 Å². The lowest BCUT2D eigenvalue weighted by molar-refractivity contribution is 0.771. The van der Waals surface area contributed by atoms with Crippen LogP contribution in [0, 0.1) is 0 Å². The van der Waals surface area contributed by atoms with Gasteiger partial charge in [0.2, 0.25) is 0 Å². The van der Waals surface area contributed by atoms with Crippen LogP contribution in [0.1, 0.15) is 29.1 Å². The Balaban J connectivity index is 1.68. The standard InChI is InChI=1S/C31H23N/c1-3-13-23(14-4-1)31(27-19-9-7-17-25(27)26-18-8-10-20-28(26)31)29-21-11-12-22-30(29)32-24-15-5-2-6-16-24/h1-22,32H/i2D,5D,6D,15D,16D. The van der Waals surface area contributed by atoms with Gasteiger partial charge < -0.3 is 5.32 Å². The molecular formula is C31H23N. The Morgan fingerprint density at radius 1 is 0.531 bits per heavy atom. The first kappa shape index (κ1) is 14.1. The molecule has 0 saturated carbocycles. The molecule has 1 aliphatic rings. The SMILES string of the molecule is [2H]c1c([2H])c([2H])c(Nc2ccccc2C2(c3ccccc3)c3ccccc3-c3ccccc32)c([2H])c1[2H]. The van der Waals surface area contributed by atoms with Gasteiger partial charge in [-0.3, -0.25) is 0 Å². The molecule has 1 heteroatoms.